The zero-order valence-corrected chi connectivity index (χ0v) is 10.7. The zero-order chi connectivity index (χ0) is 16.0. The van der Waals surface area contributed by atoms with Crippen molar-refractivity contribution in [2.45, 2.75) is 0 Å². The fraction of sp³-hybridized carbons (Fsp3) is 0. The molecule has 0 aliphatic carbocycles. The summed E-state index contributed by atoms with van der Waals surface area (Å²) in [4.78, 5) is 0. The Labute approximate surface area is 120 Å². The summed E-state index contributed by atoms with van der Waals surface area (Å²) in [7, 11) is 0. The molecule has 0 saturated heterocycles. The van der Waals surface area contributed by atoms with E-state index in [1.165, 1.54) is 0 Å². The maximum Gasteiger partial charge on any atom is 0.169 e. The van der Waals surface area contributed by atoms with Crippen molar-refractivity contribution in [2.24, 2.45) is 0 Å². The van der Waals surface area contributed by atoms with E-state index < -0.39 is 45.9 Å². The molecule has 0 heterocycles. The summed E-state index contributed by atoms with van der Waals surface area (Å²) in [6.45, 7) is 0. The third-order valence-corrected chi connectivity index (χ3v) is 3.33. The van der Waals surface area contributed by atoms with E-state index in [2.05, 4.69) is 0 Å². The first-order valence-corrected chi connectivity index (χ1v) is 6.12. The lowest BCUT2D eigenvalue weighted by Crippen LogP contribution is -1.97. The van der Waals surface area contributed by atoms with Crippen molar-refractivity contribution in [3.8, 4) is 11.1 Å². The third-order valence-electron chi connectivity index (χ3n) is 3.33. The van der Waals surface area contributed by atoms with Gasteiger partial charge in [-0.2, -0.15) is 0 Å². The van der Waals surface area contributed by atoms with Crippen LogP contribution in [0.15, 0.2) is 36.4 Å². The Kier molecular flexibility index (Phi) is 3.31. The van der Waals surface area contributed by atoms with E-state index in [9.17, 15) is 26.3 Å². The van der Waals surface area contributed by atoms with Gasteiger partial charge in [-0.25, -0.2) is 26.3 Å². The molecule has 6 heteroatoms. The van der Waals surface area contributed by atoms with Gasteiger partial charge in [0.1, 0.15) is 11.6 Å². The molecule has 0 N–H and O–H groups in total. The van der Waals surface area contributed by atoms with Crippen LogP contribution in [0.2, 0.25) is 0 Å². The predicted octanol–water partition coefficient (Wildman–Crippen LogP) is 5.34. The third kappa shape index (κ3) is 2.03. The summed E-state index contributed by atoms with van der Waals surface area (Å²) >= 11 is 0. The molecule has 0 nitrogen and oxygen atoms in total. The second-order valence-electron chi connectivity index (χ2n) is 4.60. The van der Waals surface area contributed by atoms with Gasteiger partial charge in [-0.15, -0.1) is 0 Å². The smallest absolute Gasteiger partial charge is 0.169 e. The lowest BCUT2D eigenvalue weighted by molar-refractivity contribution is 0.499. The number of fused-ring (bicyclic) bond motifs is 1. The fourth-order valence-electron chi connectivity index (χ4n) is 2.33. The minimum atomic E-state index is -1.49. The largest absolute Gasteiger partial charge is 0.206 e. The number of benzene rings is 3. The van der Waals surface area contributed by atoms with Gasteiger partial charge in [0, 0.05) is 0 Å². The first kappa shape index (κ1) is 14.4. The Morgan fingerprint density at radius 3 is 1.77 bits per heavy atom. The van der Waals surface area contributed by atoms with Gasteiger partial charge in [-0.1, -0.05) is 12.1 Å². The van der Waals surface area contributed by atoms with Gasteiger partial charge in [-0.3, -0.25) is 0 Å². The summed E-state index contributed by atoms with van der Waals surface area (Å²) in [5, 5.41) is -1.01. The summed E-state index contributed by atoms with van der Waals surface area (Å²) in [6.07, 6.45) is 0. The van der Waals surface area contributed by atoms with Crippen molar-refractivity contribution >= 4 is 10.8 Å². The monoisotopic (exact) mass is 312 g/mol. The quantitative estimate of drug-likeness (QED) is 0.420. The number of hydrogen-bond donors (Lipinski definition) is 0. The Bertz CT molecular complexity index is 901. The van der Waals surface area contributed by atoms with Gasteiger partial charge in [0.2, 0.25) is 0 Å². The van der Waals surface area contributed by atoms with Gasteiger partial charge in [0.25, 0.3) is 0 Å². The molecular formula is C16H6F6. The molecule has 22 heavy (non-hydrogen) atoms. The molecule has 3 rings (SSSR count). The normalized spacial score (nSPS) is 11.2. The molecule has 0 radical (unpaired) electrons. The maximum atomic E-state index is 13.9. The highest BCUT2D eigenvalue weighted by Crippen LogP contribution is 2.36. The molecule has 0 aliphatic heterocycles. The first-order chi connectivity index (χ1) is 10.4. The van der Waals surface area contributed by atoms with Crippen molar-refractivity contribution in [1.29, 1.82) is 0 Å². The van der Waals surface area contributed by atoms with Crippen LogP contribution in [0, 0.1) is 34.9 Å². The molecule has 3 aromatic rings. The number of halogens is 6. The van der Waals surface area contributed by atoms with E-state index >= 15 is 0 Å². The fourth-order valence-corrected chi connectivity index (χ4v) is 2.33. The van der Waals surface area contributed by atoms with Crippen molar-refractivity contribution in [3.05, 3.63) is 71.3 Å². The minimum Gasteiger partial charge on any atom is -0.206 e. The predicted molar refractivity (Wildman–Crippen MR) is 69.1 cm³/mol. The average Bonchev–Trinajstić information content (AvgIpc) is 2.49. The Hall–Kier alpha value is -2.50. The van der Waals surface area contributed by atoms with Crippen LogP contribution in [0.25, 0.3) is 21.9 Å². The van der Waals surface area contributed by atoms with E-state index in [0.717, 1.165) is 18.2 Å². The van der Waals surface area contributed by atoms with Gasteiger partial charge < -0.3 is 0 Å². The highest BCUT2D eigenvalue weighted by atomic mass is 19.2. The molecule has 0 fully saturated rings. The van der Waals surface area contributed by atoms with Crippen LogP contribution in [-0.4, -0.2) is 0 Å². The van der Waals surface area contributed by atoms with E-state index in [4.69, 9.17) is 0 Å². The molecule has 0 aromatic heterocycles. The molecule has 0 aliphatic rings. The minimum absolute atomic E-state index is 0.262. The molecule has 0 saturated carbocycles. The average molecular weight is 312 g/mol. The standard InChI is InChI=1S/C16H6F6/c17-9-3-1-7(8-2-4-11(19)15(21)13(8)9)14-10(18)5-6-12(20)16(14)22/h1-6H. The van der Waals surface area contributed by atoms with E-state index in [-0.39, 0.29) is 10.9 Å². The summed E-state index contributed by atoms with van der Waals surface area (Å²) in [6, 6.07) is 4.70. The van der Waals surface area contributed by atoms with E-state index in [1.807, 2.05) is 0 Å². The highest BCUT2D eigenvalue weighted by Gasteiger charge is 2.21. The van der Waals surface area contributed by atoms with Crippen molar-refractivity contribution in [2.75, 3.05) is 0 Å². The second kappa shape index (κ2) is 5.05. The van der Waals surface area contributed by atoms with Crippen LogP contribution in [-0.2, 0) is 0 Å². The van der Waals surface area contributed by atoms with Crippen LogP contribution in [0.1, 0.15) is 0 Å². The van der Waals surface area contributed by atoms with Crippen molar-refractivity contribution in [1.82, 2.24) is 0 Å². The molecule has 3 aromatic carbocycles. The van der Waals surface area contributed by atoms with Gasteiger partial charge in [-0.05, 0) is 35.2 Å². The SMILES string of the molecule is Fc1ccc(F)c(-c2ccc(F)c3c(F)c(F)ccc23)c1F. The number of rotatable bonds is 1. The van der Waals surface area contributed by atoms with Crippen LogP contribution < -0.4 is 0 Å². The Morgan fingerprint density at radius 1 is 0.500 bits per heavy atom. The molecule has 0 bridgehead atoms. The van der Waals surface area contributed by atoms with Crippen LogP contribution >= 0.6 is 0 Å². The van der Waals surface area contributed by atoms with E-state index in [0.29, 0.717) is 18.2 Å². The van der Waals surface area contributed by atoms with Crippen molar-refractivity contribution in [3.63, 3.8) is 0 Å². The zero-order valence-electron chi connectivity index (χ0n) is 10.7. The summed E-state index contributed by atoms with van der Waals surface area (Å²) in [5.74, 6) is -7.77. The topological polar surface area (TPSA) is 0 Å². The van der Waals surface area contributed by atoms with Crippen LogP contribution in [0.3, 0.4) is 0 Å². The van der Waals surface area contributed by atoms with Crippen molar-refractivity contribution < 1.29 is 26.3 Å². The first-order valence-electron chi connectivity index (χ1n) is 6.12. The lowest BCUT2D eigenvalue weighted by Gasteiger charge is -2.11. The molecule has 0 amide bonds. The van der Waals surface area contributed by atoms with Gasteiger partial charge >= 0.3 is 0 Å². The van der Waals surface area contributed by atoms with Gasteiger partial charge in [0.15, 0.2) is 23.3 Å². The summed E-state index contributed by atoms with van der Waals surface area (Å²) < 4.78 is 81.8. The highest BCUT2D eigenvalue weighted by molar-refractivity contribution is 5.97. The molecule has 0 unspecified atom stereocenters. The molecular weight excluding hydrogens is 306 g/mol. The van der Waals surface area contributed by atoms with Crippen LogP contribution in [0.4, 0.5) is 26.3 Å². The maximum absolute atomic E-state index is 13.9. The number of hydrogen-bond acceptors (Lipinski definition) is 0. The van der Waals surface area contributed by atoms with Crippen LogP contribution in [0.5, 0.6) is 0 Å². The summed E-state index contributed by atoms with van der Waals surface area (Å²) in [5.41, 5.74) is -1.04. The van der Waals surface area contributed by atoms with Gasteiger partial charge in [0.05, 0.1) is 10.9 Å². The Morgan fingerprint density at radius 2 is 1.05 bits per heavy atom. The molecule has 0 atom stereocenters. The lowest BCUT2D eigenvalue weighted by atomic mass is 9.96. The second-order valence-corrected chi connectivity index (χ2v) is 4.60. The van der Waals surface area contributed by atoms with E-state index in [1.54, 1.807) is 0 Å². The molecule has 0 spiro atoms. The molecule has 112 valence electrons. The Balaban J connectivity index is 2.47.